The van der Waals surface area contributed by atoms with Gasteiger partial charge in [0, 0.05) is 0 Å². The van der Waals surface area contributed by atoms with Gasteiger partial charge >= 0.3 is 0 Å². The van der Waals surface area contributed by atoms with Crippen LogP contribution in [0.4, 0.5) is 0 Å². The first-order valence-corrected chi connectivity index (χ1v) is 8.14. The van der Waals surface area contributed by atoms with E-state index in [1.54, 1.807) is 14.0 Å². The Morgan fingerprint density at radius 1 is 1.10 bits per heavy atom. The lowest BCUT2D eigenvalue weighted by atomic mass is 10.0. The van der Waals surface area contributed by atoms with Crippen LogP contribution in [0.2, 0.25) is 0 Å². The summed E-state index contributed by atoms with van der Waals surface area (Å²) >= 11 is 0. The molecule has 2 aromatic carbocycles. The van der Waals surface area contributed by atoms with Gasteiger partial charge in [-0.1, -0.05) is 24.3 Å². The minimum Gasteiger partial charge on any atom is -0.497 e. The Hall–Kier alpha value is -1.59. The van der Waals surface area contributed by atoms with Crippen LogP contribution in [0.25, 0.3) is 10.8 Å². The minimum atomic E-state index is -3.41. The van der Waals surface area contributed by atoms with Crippen molar-refractivity contribution in [3.8, 4) is 5.75 Å². The molecular formula is C15H18O4S. The normalized spacial score (nSPS) is 13.3. The molecule has 0 aromatic heterocycles. The van der Waals surface area contributed by atoms with E-state index in [0.29, 0.717) is 6.42 Å². The molecule has 0 aliphatic rings. The molecule has 4 nitrogen and oxygen atoms in total. The van der Waals surface area contributed by atoms with Crippen molar-refractivity contribution in [1.29, 1.82) is 0 Å². The zero-order chi connectivity index (χ0) is 14.8. The van der Waals surface area contributed by atoms with E-state index in [-0.39, 0.29) is 6.10 Å². The summed E-state index contributed by atoms with van der Waals surface area (Å²) in [5, 5.41) is 2.18. The van der Waals surface area contributed by atoms with Crippen molar-refractivity contribution in [3.05, 3.63) is 42.0 Å². The van der Waals surface area contributed by atoms with Crippen LogP contribution in [0.1, 0.15) is 12.5 Å². The van der Waals surface area contributed by atoms with Gasteiger partial charge in [0.15, 0.2) is 0 Å². The van der Waals surface area contributed by atoms with Crippen LogP contribution in [-0.4, -0.2) is 27.9 Å². The minimum absolute atomic E-state index is 0.374. The molecular weight excluding hydrogens is 276 g/mol. The van der Waals surface area contributed by atoms with Crippen molar-refractivity contribution < 1.29 is 17.3 Å². The van der Waals surface area contributed by atoms with Gasteiger partial charge in [-0.25, -0.2) is 0 Å². The molecule has 0 spiro atoms. The number of hydrogen-bond acceptors (Lipinski definition) is 4. The fourth-order valence-corrected chi connectivity index (χ4v) is 2.86. The molecule has 0 saturated heterocycles. The highest BCUT2D eigenvalue weighted by Gasteiger charge is 2.11. The lowest BCUT2D eigenvalue weighted by Crippen LogP contribution is -2.16. The van der Waals surface area contributed by atoms with Gasteiger partial charge in [0.1, 0.15) is 5.75 Å². The lowest BCUT2D eigenvalue weighted by Gasteiger charge is -2.11. The number of ether oxygens (including phenoxy) is 1. The molecule has 0 aliphatic carbocycles. The second-order valence-electron chi connectivity index (χ2n) is 4.86. The summed E-state index contributed by atoms with van der Waals surface area (Å²) in [6.07, 6.45) is 1.24. The number of hydrogen-bond donors (Lipinski definition) is 0. The molecule has 0 unspecified atom stereocenters. The van der Waals surface area contributed by atoms with Crippen molar-refractivity contribution in [1.82, 2.24) is 0 Å². The molecule has 2 aromatic rings. The first-order valence-electron chi connectivity index (χ1n) is 6.32. The van der Waals surface area contributed by atoms with E-state index in [1.165, 1.54) is 0 Å². The van der Waals surface area contributed by atoms with E-state index in [1.807, 2.05) is 36.4 Å². The van der Waals surface area contributed by atoms with Gasteiger partial charge in [-0.3, -0.25) is 4.18 Å². The topological polar surface area (TPSA) is 52.6 Å². The predicted molar refractivity (Wildman–Crippen MR) is 79.6 cm³/mol. The first-order chi connectivity index (χ1) is 9.37. The van der Waals surface area contributed by atoms with Crippen LogP contribution in [0.15, 0.2) is 36.4 Å². The zero-order valence-electron chi connectivity index (χ0n) is 11.8. The summed E-state index contributed by atoms with van der Waals surface area (Å²) in [7, 11) is -1.77. The lowest BCUT2D eigenvalue weighted by molar-refractivity contribution is 0.232. The Bertz CT molecular complexity index is 707. The fraction of sp³-hybridized carbons (Fsp3) is 0.333. The third-order valence-corrected chi connectivity index (χ3v) is 3.65. The highest BCUT2D eigenvalue weighted by molar-refractivity contribution is 7.86. The monoisotopic (exact) mass is 294 g/mol. The van der Waals surface area contributed by atoms with E-state index in [0.717, 1.165) is 28.3 Å². The van der Waals surface area contributed by atoms with E-state index < -0.39 is 10.1 Å². The van der Waals surface area contributed by atoms with Crippen LogP contribution in [0, 0.1) is 0 Å². The van der Waals surface area contributed by atoms with Gasteiger partial charge in [-0.05, 0) is 41.8 Å². The van der Waals surface area contributed by atoms with E-state index >= 15 is 0 Å². The molecule has 0 bridgehead atoms. The Labute approximate surface area is 119 Å². The smallest absolute Gasteiger partial charge is 0.264 e. The summed E-state index contributed by atoms with van der Waals surface area (Å²) in [6.45, 7) is 1.75. The highest BCUT2D eigenvalue weighted by atomic mass is 32.2. The molecule has 0 N–H and O–H groups in total. The third-order valence-electron chi connectivity index (χ3n) is 2.97. The second kappa shape index (κ2) is 5.81. The molecule has 0 amide bonds. The molecule has 2 rings (SSSR count). The van der Waals surface area contributed by atoms with Crippen LogP contribution in [-0.2, 0) is 20.7 Å². The Morgan fingerprint density at radius 3 is 2.40 bits per heavy atom. The molecule has 0 fully saturated rings. The Balaban J connectivity index is 2.20. The van der Waals surface area contributed by atoms with Gasteiger partial charge in [0.25, 0.3) is 10.1 Å². The quantitative estimate of drug-likeness (QED) is 0.796. The number of fused-ring (bicyclic) bond motifs is 1. The zero-order valence-corrected chi connectivity index (χ0v) is 12.6. The van der Waals surface area contributed by atoms with Crippen LogP contribution < -0.4 is 4.74 Å². The number of rotatable bonds is 5. The van der Waals surface area contributed by atoms with Crippen molar-refractivity contribution in [2.75, 3.05) is 13.4 Å². The maximum absolute atomic E-state index is 11.1. The maximum Gasteiger partial charge on any atom is 0.264 e. The van der Waals surface area contributed by atoms with Crippen molar-refractivity contribution in [3.63, 3.8) is 0 Å². The molecule has 20 heavy (non-hydrogen) atoms. The van der Waals surface area contributed by atoms with Gasteiger partial charge in [0.05, 0.1) is 19.5 Å². The Morgan fingerprint density at radius 2 is 1.75 bits per heavy atom. The van der Waals surface area contributed by atoms with Crippen molar-refractivity contribution in [2.45, 2.75) is 19.4 Å². The summed E-state index contributed by atoms with van der Waals surface area (Å²) < 4.78 is 32.3. The molecule has 1 atom stereocenters. The molecule has 0 heterocycles. The molecule has 0 saturated carbocycles. The first kappa shape index (κ1) is 14.8. The second-order valence-corrected chi connectivity index (χ2v) is 6.46. The van der Waals surface area contributed by atoms with Gasteiger partial charge < -0.3 is 4.74 Å². The van der Waals surface area contributed by atoms with Gasteiger partial charge in [-0.15, -0.1) is 0 Å². The van der Waals surface area contributed by atoms with Crippen LogP contribution >= 0.6 is 0 Å². The van der Waals surface area contributed by atoms with Crippen molar-refractivity contribution in [2.24, 2.45) is 0 Å². The largest absolute Gasteiger partial charge is 0.497 e. The van der Waals surface area contributed by atoms with E-state index in [4.69, 9.17) is 8.92 Å². The maximum atomic E-state index is 11.1. The average molecular weight is 294 g/mol. The van der Waals surface area contributed by atoms with Gasteiger partial charge in [-0.2, -0.15) is 8.42 Å². The summed E-state index contributed by atoms with van der Waals surface area (Å²) in [4.78, 5) is 0. The van der Waals surface area contributed by atoms with Gasteiger partial charge in [0.2, 0.25) is 0 Å². The SMILES string of the molecule is COc1ccc2cc(C[C@@H](C)OS(C)(=O)=O)ccc2c1. The Kier molecular flexibility index (Phi) is 4.30. The van der Waals surface area contributed by atoms with E-state index in [9.17, 15) is 8.42 Å². The molecule has 0 radical (unpaired) electrons. The molecule has 0 aliphatic heterocycles. The van der Waals surface area contributed by atoms with Crippen molar-refractivity contribution >= 4 is 20.9 Å². The highest BCUT2D eigenvalue weighted by Crippen LogP contribution is 2.22. The van der Waals surface area contributed by atoms with E-state index in [2.05, 4.69) is 0 Å². The molecule has 108 valence electrons. The molecule has 5 heteroatoms. The number of benzene rings is 2. The fourth-order valence-electron chi connectivity index (χ4n) is 2.19. The standard InChI is InChI=1S/C15H18O4S/c1-11(19-20(3,16)17)8-12-4-5-14-10-15(18-2)7-6-13(14)9-12/h4-7,9-11H,8H2,1-3H3/t11-/m1/s1. The summed E-state index contributed by atoms with van der Waals surface area (Å²) in [5.41, 5.74) is 1.04. The van der Waals surface area contributed by atoms with Crippen LogP contribution in [0.3, 0.4) is 0 Å². The predicted octanol–water partition coefficient (Wildman–Crippen LogP) is 2.76. The summed E-state index contributed by atoms with van der Waals surface area (Å²) in [5.74, 6) is 0.819. The third kappa shape index (κ3) is 3.95. The van der Waals surface area contributed by atoms with Crippen LogP contribution in [0.5, 0.6) is 5.75 Å². The summed E-state index contributed by atoms with van der Waals surface area (Å²) in [6, 6.07) is 11.9. The number of methoxy groups -OCH3 is 1. The average Bonchev–Trinajstić information content (AvgIpc) is 2.35.